The molecule has 0 saturated heterocycles. The summed E-state index contributed by atoms with van der Waals surface area (Å²) in [5, 5.41) is 11.7. The number of ether oxygens (including phenoxy) is 2. The van der Waals surface area contributed by atoms with Gasteiger partial charge in [0.05, 0.1) is 21.3 Å². The normalized spacial score (nSPS) is 17.5. The fraction of sp³-hybridized carbons (Fsp3) is 0.160. The Hall–Kier alpha value is -3.82. The predicted octanol–water partition coefficient (Wildman–Crippen LogP) is 5.41. The molecule has 6 rings (SSSR count). The van der Waals surface area contributed by atoms with Gasteiger partial charge in [0.15, 0.2) is 28.1 Å². The maximum Gasteiger partial charge on any atom is 0.296 e. The van der Waals surface area contributed by atoms with Crippen LogP contribution in [0.15, 0.2) is 64.3 Å². The van der Waals surface area contributed by atoms with Gasteiger partial charge < -0.3 is 19.0 Å². The number of hydrogen-bond acceptors (Lipinski definition) is 8. The minimum Gasteiger partial charge on any atom is -0.503 e. The number of benzene rings is 2. The highest BCUT2D eigenvalue weighted by Gasteiger charge is 2.47. The Balaban J connectivity index is 1.53. The van der Waals surface area contributed by atoms with Crippen LogP contribution in [0.1, 0.15) is 27.9 Å². The summed E-state index contributed by atoms with van der Waals surface area (Å²) in [6.07, 6.45) is 0. The molecule has 0 radical (unpaired) electrons. The number of rotatable bonds is 4. The lowest BCUT2D eigenvalue weighted by atomic mass is 9.95. The van der Waals surface area contributed by atoms with Crippen LogP contribution in [0, 0.1) is 6.92 Å². The zero-order valence-corrected chi connectivity index (χ0v) is 19.9. The van der Waals surface area contributed by atoms with E-state index in [9.17, 15) is 14.7 Å². The molecule has 4 aromatic rings. The van der Waals surface area contributed by atoms with Gasteiger partial charge in [-0.25, -0.2) is 4.98 Å². The molecule has 2 aliphatic rings. The summed E-state index contributed by atoms with van der Waals surface area (Å²) < 4.78 is 17.6. The molecule has 2 aromatic carbocycles. The van der Waals surface area contributed by atoms with E-state index in [2.05, 4.69) is 4.98 Å². The van der Waals surface area contributed by atoms with Gasteiger partial charge >= 0.3 is 0 Å². The summed E-state index contributed by atoms with van der Waals surface area (Å²) in [5.41, 5.74) is 0.971. The van der Waals surface area contributed by atoms with Crippen molar-refractivity contribution in [2.75, 3.05) is 18.1 Å². The van der Waals surface area contributed by atoms with Crippen LogP contribution >= 0.6 is 22.9 Å². The summed E-state index contributed by atoms with van der Waals surface area (Å²) in [6.45, 7) is 2.51. The zero-order valence-electron chi connectivity index (χ0n) is 18.3. The molecule has 10 heteroatoms. The van der Waals surface area contributed by atoms with E-state index < -0.39 is 23.5 Å². The second-order valence-corrected chi connectivity index (χ2v) is 9.48. The summed E-state index contributed by atoms with van der Waals surface area (Å²) in [5.74, 6) is -0.391. The average Bonchev–Trinajstić information content (AvgIpc) is 3.55. The van der Waals surface area contributed by atoms with Crippen LogP contribution in [-0.4, -0.2) is 35.0 Å². The number of ketones is 1. The van der Waals surface area contributed by atoms with Gasteiger partial charge in [-0.2, -0.15) is 0 Å². The molecule has 1 amide bonds. The lowest BCUT2D eigenvalue weighted by Crippen LogP contribution is -2.31. The van der Waals surface area contributed by atoms with Crippen molar-refractivity contribution in [2.45, 2.75) is 13.0 Å². The molecule has 0 fully saturated rings. The Kier molecular flexibility index (Phi) is 5.05. The van der Waals surface area contributed by atoms with E-state index in [1.165, 1.54) is 22.3 Å². The zero-order chi connectivity index (χ0) is 24.3. The summed E-state index contributed by atoms with van der Waals surface area (Å²) >= 11 is 7.56. The first kappa shape index (κ1) is 21.7. The molecule has 8 nitrogen and oxygen atoms in total. The Labute approximate surface area is 208 Å². The van der Waals surface area contributed by atoms with Crippen molar-refractivity contribution >= 4 is 50.0 Å². The van der Waals surface area contributed by atoms with E-state index in [0.29, 0.717) is 51.7 Å². The molecule has 2 aliphatic heterocycles. The number of carbonyl (C=O) groups is 2. The number of thiazole rings is 1. The molecule has 2 aromatic heterocycles. The highest BCUT2D eigenvalue weighted by Crippen LogP contribution is 2.46. The third kappa shape index (κ3) is 3.46. The highest BCUT2D eigenvalue weighted by atomic mass is 35.5. The third-order valence-electron chi connectivity index (χ3n) is 5.86. The van der Waals surface area contributed by atoms with E-state index in [4.69, 9.17) is 25.5 Å². The number of aliphatic hydroxyl groups is 1. The van der Waals surface area contributed by atoms with Gasteiger partial charge in [-0.3, -0.25) is 14.5 Å². The van der Waals surface area contributed by atoms with Crippen molar-refractivity contribution in [1.82, 2.24) is 4.98 Å². The second-order valence-electron chi connectivity index (χ2n) is 8.07. The highest BCUT2D eigenvalue weighted by molar-refractivity contribution is 7.22. The van der Waals surface area contributed by atoms with E-state index in [1.807, 2.05) is 6.07 Å². The van der Waals surface area contributed by atoms with Crippen LogP contribution in [0.25, 0.3) is 10.2 Å². The number of nitrogens with zero attached hydrogens (tertiary/aromatic N) is 2. The van der Waals surface area contributed by atoms with Crippen molar-refractivity contribution < 1.29 is 28.6 Å². The average molecular weight is 509 g/mol. The monoisotopic (exact) mass is 508 g/mol. The standard InChI is InChI=1S/C25H17ClN2O6S/c1-12-5-7-16(34-12)22(29)19-21(13-6-8-15-17(11-13)33-10-9-32-15)28(24(31)23(19)30)25-27-20-14(26)3-2-4-18(20)35-25/h2-8,11,21,30H,9-10H2,1H3. The molecule has 35 heavy (non-hydrogen) atoms. The molecule has 1 unspecified atom stereocenters. The molecule has 176 valence electrons. The first-order chi connectivity index (χ1) is 16.9. The van der Waals surface area contributed by atoms with E-state index in [-0.39, 0.29) is 11.3 Å². The Morgan fingerprint density at radius 3 is 2.69 bits per heavy atom. The summed E-state index contributed by atoms with van der Waals surface area (Å²) in [7, 11) is 0. The molecular formula is C25H17ClN2O6S. The molecule has 4 heterocycles. The van der Waals surface area contributed by atoms with Gasteiger partial charge in [0.1, 0.15) is 24.5 Å². The fourth-order valence-corrected chi connectivity index (χ4v) is 5.57. The van der Waals surface area contributed by atoms with Crippen LogP contribution in [0.5, 0.6) is 11.5 Å². The number of Topliss-reactive ketones (excluding diaryl/α,β-unsaturated/α-hetero) is 1. The maximum absolute atomic E-state index is 13.5. The lowest BCUT2D eigenvalue weighted by Gasteiger charge is -2.26. The number of para-hydroxylation sites is 1. The van der Waals surface area contributed by atoms with Gasteiger partial charge in [0.25, 0.3) is 5.91 Å². The second kappa shape index (κ2) is 8.14. The van der Waals surface area contributed by atoms with Crippen LogP contribution in [0.3, 0.4) is 0 Å². The SMILES string of the molecule is Cc1ccc(C(=O)C2=C(O)C(=O)N(c3nc4c(Cl)cccc4s3)C2c2ccc3c(c2)OCCO3)o1. The topological polar surface area (TPSA) is 102 Å². The number of hydrogen-bond donors (Lipinski definition) is 1. The lowest BCUT2D eigenvalue weighted by molar-refractivity contribution is -0.117. The molecule has 1 atom stereocenters. The number of furan rings is 1. The number of aliphatic hydroxyl groups excluding tert-OH is 1. The number of aromatic nitrogens is 1. The van der Waals surface area contributed by atoms with Crippen LogP contribution in [0.2, 0.25) is 5.02 Å². The van der Waals surface area contributed by atoms with Crippen molar-refractivity contribution in [1.29, 1.82) is 0 Å². The number of fused-ring (bicyclic) bond motifs is 2. The molecule has 0 spiro atoms. The fourth-order valence-electron chi connectivity index (χ4n) is 4.28. The van der Waals surface area contributed by atoms with Crippen LogP contribution in [0.4, 0.5) is 5.13 Å². The van der Waals surface area contributed by atoms with Crippen molar-refractivity contribution in [3.05, 3.63) is 82.0 Å². The van der Waals surface area contributed by atoms with Gasteiger partial charge in [-0.15, -0.1) is 0 Å². The first-order valence-electron chi connectivity index (χ1n) is 10.7. The van der Waals surface area contributed by atoms with E-state index in [0.717, 1.165) is 4.70 Å². The Bertz CT molecular complexity index is 1550. The quantitative estimate of drug-likeness (QED) is 0.368. The minimum absolute atomic E-state index is 0.0218. The predicted molar refractivity (Wildman–Crippen MR) is 130 cm³/mol. The van der Waals surface area contributed by atoms with E-state index >= 15 is 0 Å². The summed E-state index contributed by atoms with van der Waals surface area (Å²) in [4.78, 5) is 32.8. The van der Waals surface area contributed by atoms with Gasteiger partial charge in [-0.1, -0.05) is 35.1 Å². The summed E-state index contributed by atoms with van der Waals surface area (Å²) in [6, 6.07) is 12.7. The van der Waals surface area contributed by atoms with Crippen LogP contribution < -0.4 is 14.4 Å². The number of anilines is 1. The molecular weight excluding hydrogens is 492 g/mol. The maximum atomic E-state index is 13.5. The van der Waals surface area contributed by atoms with Crippen molar-refractivity contribution in [3.8, 4) is 11.5 Å². The smallest absolute Gasteiger partial charge is 0.296 e. The van der Waals surface area contributed by atoms with Crippen LogP contribution in [-0.2, 0) is 4.79 Å². The number of aryl methyl sites for hydroxylation is 1. The number of halogens is 1. The Morgan fingerprint density at radius 1 is 1.14 bits per heavy atom. The Morgan fingerprint density at radius 2 is 1.94 bits per heavy atom. The molecule has 0 saturated carbocycles. The number of amides is 1. The largest absolute Gasteiger partial charge is 0.503 e. The van der Waals surface area contributed by atoms with Gasteiger partial charge in [0.2, 0.25) is 5.78 Å². The first-order valence-corrected chi connectivity index (χ1v) is 11.9. The van der Waals surface area contributed by atoms with Crippen molar-refractivity contribution in [2.24, 2.45) is 0 Å². The minimum atomic E-state index is -0.976. The molecule has 1 N–H and O–H groups in total. The van der Waals surface area contributed by atoms with E-state index in [1.54, 1.807) is 43.3 Å². The van der Waals surface area contributed by atoms with Gasteiger partial charge in [0, 0.05) is 0 Å². The van der Waals surface area contributed by atoms with Crippen molar-refractivity contribution in [3.63, 3.8) is 0 Å². The number of carbonyl (C=O) groups excluding carboxylic acids is 2. The molecule has 0 aliphatic carbocycles. The third-order valence-corrected chi connectivity index (χ3v) is 7.19. The molecule has 0 bridgehead atoms. The van der Waals surface area contributed by atoms with Gasteiger partial charge in [-0.05, 0) is 48.9 Å².